The molecule has 1 aromatic heterocycles. The van der Waals surface area contributed by atoms with Crippen molar-refractivity contribution in [3.8, 4) is 0 Å². The van der Waals surface area contributed by atoms with Crippen LogP contribution in [0.2, 0.25) is 0 Å². The Morgan fingerprint density at radius 2 is 2.14 bits per heavy atom. The molecular formula is C17H26N2OS. The first kappa shape index (κ1) is 15.0. The van der Waals surface area contributed by atoms with E-state index in [9.17, 15) is 4.79 Å². The van der Waals surface area contributed by atoms with Crippen molar-refractivity contribution in [2.24, 2.45) is 0 Å². The van der Waals surface area contributed by atoms with Crippen molar-refractivity contribution in [3.05, 3.63) is 21.4 Å². The third-order valence-electron chi connectivity index (χ3n) is 4.93. The molecule has 1 fully saturated rings. The van der Waals surface area contributed by atoms with Crippen LogP contribution in [0.25, 0.3) is 0 Å². The van der Waals surface area contributed by atoms with Gasteiger partial charge in [-0.15, -0.1) is 11.3 Å². The summed E-state index contributed by atoms with van der Waals surface area (Å²) >= 11 is 1.75. The van der Waals surface area contributed by atoms with Gasteiger partial charge >= 0.3 is 0 Å². The van der Waals surface area contributed by atoms with E-state index in [1.807, 2.05) is 0 Å². The lowest BCUT2D eigenvalue weighted by Crippen LogP contribution is -2.57. The summed E-state index contributed by atoms with van der Waals surface area (Å²) in [4.78, 5) is 17.5. The second-order valence-electron chi connectivity index (χ2n) is 6.30. The molecule has 1 aliphatic carbocycles. The number of nitrogens with zero attached hydrogens (tertiary/aromatic N) is 1. The number of piperazine rings is 1. The Balaban J connectivity index is 1.80. The minimum atomic E-state index is 0.265. The summed E-state index contributed by atoms with van der Waals surface area (Å²) in [6.45, 7) is 6.16. The average Bonchev–Trinajstić information content (AvgIpc) is 2.97. The van der Waals surface area contributed by atoms with Gasteiger partial charge in [-0.1, -0.05) is 13.8 Å². The lowest BCUT2D eigenvalue weighted by Gasteiger charge is -2.39. The predicted octanol–water partition coefficient (Wildman–Crippen LogP) is 3.23. The van der Waals surface area contributed by atoms with Crippen LogP contribution in [-0.4, -0.2) is 36.0 Å². The molecule has 2 aliphatic rings. The molecule has 0 bridgehead atoms. The Morgan fingerprint density at radius 3 is 2.86 bits per heavy atom. The lowest BCUT2D eigenvalue weighted by molar-refractivity contribution is 0.0581. The van der Waals surface area contributed by atoms with E-state index in [1.165, 1.54) is 29.7 Å². The van der Waals surface area contributed by atoms with Crippen LogP contribution in [0, 0.1) is 0 Å². The minimum absolute atomic E-state index is 0.265. The molecule has 3 rings (SSSR count). The number of hydrogen-bond acceptors (Lipinski definition) is 3. The Hall–Kier alpha value is -0.870. The molecule has 0 radical (unpaired) electrons. The van der Waals surface area contributed by atoms with Crippen LogP contribution in [0.5, 0.6) is 0 Å². The lowest BCUT2D eigenvalue weighted by atomic mass is 9.99. The van der Waals surface area contributed by atoms with Crippen molar-refractivity contribution in [3.63, 3.8) is 0 Å². The average molecular weight is 306 g/mol. The van der Waals surface area contributed by atoms with Crippen LogP contribution < -0.4 is 5.32 Å². The van der Waals surface area contributed by atoms with Gasteiger partial charge in [0.05, 0.1) is 4.88 Å². The molecule has 1 amide bonds. The molecular weight excluding hydrogens is 280 g/mol. The highest BCUT2D eigenvalue weighted by Gasteiger charge is 2.31. The van der Waals surface area contributed by atoms with Crippen molar-refractivity contribution < 1.29 is 4.79 Å². The Kier molecular flexibility index (Phi) is 4.65. The van der Waals surface area contributed by atoms with Crippen LogP contribution in [0.4, 0.5) is 0 Å². The predicted molar refractivity (Wildman–Crippen MR) is 88.2 cm³/mol. The fourth-order valence-corrected chi connectivity index (χ4v) is 4.70. The number of nitrogens with one attached hydrogen (secondary N) is 1. The molecule has 1 saturated heterocycles. The van der Waals surface area contributed by atoms with Gasteiger partial charge in [0.1, 0.15) is 0 Å². The minimum Gasteiger partial charge on any atom is -0.332 e. The Morgan fingerprint density at radius 1 is 1.33 bits per heavy atom. The fraction of sp³-hybridized carbons (Fsp3) is 0.706. The summed E-state index contributed by atoms with van der Waals surface area (Å²) in [6.07, 6.45) is 7.01. The standard InChI is InChI=1S/C17H26N2OS/c1-3-13-11-19(14(4-2)10-18-13)17(20)16-9-12-7-5-6-8-15(12)21-16/h9,13-14,18H,3-8,10-11H2,1-2H3. The molecule has 2 atom stereocenters. The molecule has 1 aliphatic heterocycles. The zero-order chi connectivity index (χ0) is 14.8. The number of carbonyl (C=O) groups is 1. The molecule has 0 aromatic carbocycles. The van der Waals surface area contributed by atoms with E-state index in [2.05, 4.69) is 30.1 Å². The molecule has 0 saturated carbocycles. The third kappa shape index (κ3) is 3.02. The van der Waals surface area contributed by atoms with Crippen molar-refractivity contribution >= 4 is 17.2 Å². The molecule has 1 N–H and O–H groups in total. The van der Waals surface area contributed by atoms with E-state index in [0.717, 1.165) is 37.2 Å². The first-order chi connectivity index (χ1) is 10.2. The Bertz CT molecular complexity index is 487. The van der Waals surface area contributed by atoms with Gasteiger partial charge in [0.2, 0.25) is 0 Å². The van der Waals surface area contributed by atoms with Crippen LogP contribution in [0.15, 0.2) is 6.07 Å². The zero-order valence-electron chi connectivity index (χ0n) is 13.2. The maximum atomic E-state index is 13.0. The van der Waals surface area contributed by atoms with Crippen molar-refractivity contribution in [2.75, 3.05) is 13.1 Å². The molecule has 4 heteroatoms. The monoisotopic (exact) mass is 306 g/mol. The Labute approximate surface area is 131 Å². The number of amides is 1. The maximum absolute atomic E-state index is 13.0. The summed E-state index contributed by atoms with van der Waals surface area (Å²) in [5, 5.41) is 3.56. The summed E-state index contributed by atoms with van der Waals surface area (Å²) in [5.41, 5.74) is 1.44. The molecule has 0 spiro atoms. The topological polar surface area (TPSA) is 32.3 Å². The summed E-state index contributed by atoms with van der Waals surface area (Å²) in [6, 6.07) is 2.97. The van der Waals surface area contributed by atoms with Gasteiger partial charge < -0.3 is 10.2 Å². The van der Waals surface area contributed by atoms with E-state index in [0.29, 0.717) is 12.1 Å². The number of aryl methyl sites for hydroxylation is 2. The van der Waals surface area contributed by atoms with E-state index in [-0.39, 0.29) is 5.91 Å². The molecule has 2 unspecified atom stereocenters. The molecule has 2 heterocycles. The number of carbonyl (C=O) groups excluding carboxylic acids is 1. The highest BCUT2D eigenvalue weighted by atomic mass is 32.1. The van der Waals surface area contributed by atoms with Crippen molar-refractivity contribution in [1.29, 1.82) is 0 Å². The molecule has 1 aromatic rings. The first-order valence-corrected chi connectivity index (χ1v) is 9.20. The van der Waals surface area contributed by atoms with Gasteiger partial charge in [0, 0.05) is 30.1 Å². The van der Waals surface area contributed by atoms with Gasteiger partial charge in [-0.25, -0.2) is 0 Å². The molecule has 116 valence electrons. The van der Waals surface area contributed by atoms with Gasteiger partial charge in [-0.3, -0.25) is 4.79 Å². The van der Waals surface area contributed by atoms with Crippen molar-refractivity contribution in [1.82, 2.24) is 10.2 Å². The van der Waals surface area contributed by atoms with E-state index in [4.69, 9.17) is 0 Å². The van der Waals surface area contributed by atoms with Gasteiger partial charge in [0.15, 0.2) is 0 Å². The van der Waals surface area contributed by atoms with Crippen LogP contribution >= 0.6 is 11.3 Å². The van der Waals surface area contributed by atoms with Gasteiger partial charge in [-0.2, -0.15) is 0 Å². The smallest absolute Gasteiger partial charge is 0.264 e. The highest BCUT2D eigenvalue weighted by molar-refractivity contribution is 7.14. The summed E-state index contributed by atoms with van der Waals surface area (Å²) in [7, 11) is 0. The van der Waals surface area contributed by atoms with Crippen molar-refractivity contribution in [2.45, 2.75) is 64.5 Å². The fourth-order valence-electron chi connectivity index (χ4n) is 3.49. The second kappa shape index (κ2) is 6.49. The number of thiophene rings is 1. The number of rotatable bonds is 3. The summed E-state index contributed by atoms with van der Waals surface area (Å²) in [5.74, 6) is 0.265. The van der Waals surface area contributed by atoms with E-state index in [1.54, 1.807) is 11.3 Å². The SMILES string of the molecule is CCC1CN(C(=O)c2cc3c(s2)CCCC3)C(CC)CN1. The van der Waals surface area contributed by atoms with Gasteiger partial charge in [0.25, 0.3) is 5.91 Å². The van der Waals surface area contributed by atoms with Crippen LogP contribution in [0.1, 0.15) is 59.6 Å². The van der Waals surface area contributed by atoms with Crippen LogP contribution in [-0.2, 0) is 12.8 Å². The van der Waals surface area contributed by atoms with E-state index < -0.39 is 0 Å². The number of hydrogen-bond donors (Lipinski definition) is 1. The van der Waals surface area contributed by atoms with E-state index >= 15 is 0 Å². The van der Waals surface area contributed by atoms with Crippen LogP contribution in [0.3, 0.4) is 0 Å². The van der Waals surface area contributed by atoms with Gasteiger partial charge in [-0.05, 0) is 50.2 Å². The molecule has 3 nitrogen and oxygen atoms in total. The zero-order valence-corrected chi connectivity index (χ0v) is 14.0. The first-order valence-electron chi connectivity index (χ1n) is 8.38. The normalized spacial score (nSPS) is 25.7. The number of fused-ring (bicyclic) bond motifs is 1. The largest absolute Gasteiger partial charge is 0.332 e. The summed E-state index contributed by atoms with van der Waals surface area (Å²) < 4.78 is 0. The quantitative estimate of drug-likeness (QED) is 0.930. The third-order valence-corrected chi connectivity index (χ3v) is 6.16. The maximum Gasteiger partial charge on any atom is 0.264 e. The second-order valence-corrected chi connectivity index (χ2v) is 7.44. The highest BCUT2D eigenvalue weighted by Crippen LogP contribution is 2.31. The molecule has 21 heavy (non-hydrogen) atoms.